The quantitative estimate of drug-likeness (QED) is 0.729. The van der Waals surface area contributed by atoms with Crippen molar-refractivity contribution in [3.63, 3.8) is 0 Å². The van der Waals surface area contributed by atoms with Crippen LogP contribution in [-0.2, 0) is 26.4 Å². The Balaban J connectivity index is 2.07. The molecule has 0 N–H and O–H groups in total. The van der Waals surface area contributed by atoms with E-state index in [0.717, 1.165) is 36.4 Å². The van der Waals surface area contributed by atoms with Crippen LogP contribution in [0.15, 0.2) is 30.3 Å². The van der Waals surface area contributed by atoms with Crippen molar-refractivity contribution in [2.75, 3.05) is 0 Å². The van der Waals surface area contributed by atoms with Gasteiger partial charge in [0.25, 0.3) is 0 Å². The molecule has 0 aliphatic heterocycles. The molecule has 0 amide bonds. The SMILES string of the molecule is CCc1cc(Cn2c(CC)nc3ccccc32)n(C)n1. The highest BCUT2D eigenvalue weighted by Gasteiger charge is 2.11. The van der Waals surface area contributed by atoms with Crippen molar-refractivity contribution < 1.29 is 0 Å². The summed E-state index contributed by atoms with van der Waals surface area (Å²) in [5.74, 6) is 1.13. The van der Waals surface area contributed by atoms with Gasteiger partial charge in [0.2, 0.25) is 0 Å². The second kappa shape index (κ2) is 5.12. The number of imidazole rings is 1. The lowest BCUT2D eigenvalue weighted by Crippen LogP contribution is -2.08. The molecule has 0 fully saturated rings. The molecular formula is C16H20N4. The van der Waals surface area contributed by atoms with Crippen LogP contribution < -0.4 is 0 Å². The zero-order valence-electron chi connectivity index (χ0n) is 12.3. The lowest BCUT2D eigenvalue weighted by Gasteiger charge is -2.08. The van der Waals surface area contributed by atoms with Gasteiger partial charge in [-0.05, 0) is 24.6 Å². The van der Waals surface area contributed by atoms with Crippen LogP contribution in [0.1, 0.15) is 31.1 Å². The van der Waals surface area contributed by atoms with Gasteiger partial charge in [-0.2, -0.15) is 5.10 Å². The molecule has 0 atom stereocenters. The smallest absolute Gasteiger partial charge is 0.109 e. The number of aromatic nitrogens is 4. The predicted molar refractivity (Wildman–Crippen MR) is 80.8 cm³/mol. The summed E-state index contributed by atoms with van der Waals surface area (Å²) < 4.78 is 4.28. The summed E-state index contributed by atoms with van der Waals surface area (Å²) >= 11 is 0. The summed E-state index contributed by atoms with van der Waals surface area (Å²) in [7, 11) is 2.01. The number of benzene rings is 1. The maximum absolute atomic E-state index is 4.72. The van der Waals surface area contributed by atoms with Crippen molar-refractivity contribution in [3.8, 4) is 0 Å². The normalized spacial score (nSPS) is 11.3. The van der Waals surface area contributed by atoms with E-state index in [1.165, 1.54) is 11.2 Å². The molecule has 0 spiro atoms. The van der Waals surface area contributed by atoms with Crippen LogP contribution >= 0.6 is 0 Å². The molecule has 0 saturated heterocycles. The van der Waals surface area contributed by atoms with Gasteiger partial charge in [-0.25, -0.2) is 4.98 Å². The van der Waals surface area contributed by atoms with E-state index in [0.29, 0.717) is 0 Å². The van der Waals surface area contributed by atoms with Crippen molar-refractivity contribution in [3.05, 3.63) is 47.5 Å². The van der Waals surface area contributed by atoms with Crippen LogP contribution in [0.3, 0.4) is 0 Å². The fourth-order valence-electron chi connectivity index (χ4n) is 2.63. The fraction of sp³-hybridized carbons (Fsp3) is 0.375. The van der Waals surface area contributed by atoms with Crippen LogP contribution in [0, 0.1) is 0 Å². The predicted octanol–water partition coefficient (Wildman–Crippen LogP) is 2.94. The van der Waals surface area contributed by atoms with Crippen molar-refractivity contribution >= 4 is 11.0 Å². The lowest BCUT2D eigenvalue weighted by molar-refractivity contribution is 0.652. The third kappa shape index (κ3) is 2.11. The average molecular weight is 268 g/mol. The van der Waals surface area contributed by atoms with Gasteiger partial charge in [-0.1, -0.05) is 26.0 Å². The van der Waals surface area contributed by atoms with Gasteiger partial charge >= 0.3 is 0 Å². The zero-order valence-corrected chi connectivity index (χ0v) is 12.3. The maximum atomic E-state index is 4.72. The molecule has 0 aliphatic rings. The summed E-state index contributed by atoms with van der Waals surface area (Å²) in [6.07, 6.45) is 1.91. The highest BCUT2D eigenvalue weighted by molar-refractivity contribution is 5.76. The van der Waals surface area contributed by atoms with Crippen molar-refractivity contribution in [1.29, 1.82) is 0 Å². The molecular weight excluding hydrogens is 248 g/mol. The molecule has 104 valence electrons. The topological polar surface area (TPSA) is 35.6 Å². The first-order valence-electron chi connectivity index (χ1n) is 7.18. The van der Waals surface area contributed by atoms with Crippen LogP contribution in [0.25, 0.3) is 11.0 Å². The maximum Gasteiger partial charge on any atom is 0.109 e. The Hall–Kier alpha value is -2.10. The largest absolute Gasteiger partial charge is 0.322 e. The van der Waals surface area contributed by atoms with Gasteiger partial charge < -0.3 is 4.57 Å². The van der Waals surface area contributed by atoms with Crippen LogP contribution in [0.5, 0.6) is 0 Å². The van der Waals surface area contributed by atoms with Crippen LogP contribution in [0.2, 0.25) is 0 Å². The third-order valence-electron chi connectivity index (χ3n) is 3.76. The number of hydrogen-bond donors (Lipinski definition) is 0. The lowest BCUT2D eigenvalue weighted by atomic mass is 10.3. The number of fused-ring (bicyclic) bond motifs is 1. The van der Waals surface area contributed by atoms with Gasteiger partial charge in [-0.3, -0.25) is 4.68 Å². The first-order valence-corrected chi connectivity index (χ1v) is 7.18. The Labute approximate surface area is 119 Å². The highest BCUT2D eigenvalue weighted by Crippen LogP contribution is 2.18. The van der Waals surface area contributed by atoms with E-state index in [2.05, 4.69) is 47.8 Å². The molecule has 0 unspecified atom stereocenters. The first-order chi connectivity index (χ1) is 9.72. The molecule has 0 saturated carbocycles. The second-order valence-corrected chi connectivity index (χ2v) is 5.06. The molecule has 4 nitrogen and oxygen atoms in total. The minimum absolute atomic E-state index is 0.827. The van der Waals surface area contributed by atoms with Crippen LogP contribution in [0.4, 0.5) is 0 Å². The molecule has 0 aliphatic carbocycles. The van der Waals surface area contributed by atoms with E-state index >= 15 is 0 Å². The molecule has 4 heteroatoms. The van der Waals surface area contributed by atoms with E-state index in [9.17, 15) is 0 Å². The summed E-state index contributed by atoms with van der Waals surface area (Å²) in [6.45, 7) is 5.11. The third-order valence-corrected chi connectivity index (χ3v) is 3.76. The number of para-hydroxylation sites is 2. The summed E-state index contributed by atoms with van der Waals surface area (Å²) in [5.41, 5.74) is 4.63. The summed E-state index contributed by atoms with van der Waals surface area (Å²) in [5, 5.41) is 4.53. The standard InChI is InChI=1S/C16H20N4/c1-4-12-10-13(19(3)18-12)11-20-15-9-7-6-8-14(15)17-16(20)5-2/h6-10H,4-5,11H2,1-3H3. The Bertz CT molecular complexity index is 736. The van der Waals surface area contributed by atoms with Gasteiger partial charge in [-0.15, -0.1) is 0 Å². The van der Waals surface area contributed by atoms with Gasteiger partial charge in [0.05, 0.1) is 29.0 Å². The molecule has 3 rings (SSSR count). The molecule has 2 heterocycles. The average Bonchev–Trinajstić information content (AvgIpc) is 3.01. The minimum Gasteiger partial charge on any atom is -0.322 e. The number of nitrogens with zero attached hydrogens (tertiary/aromatic N) is 4. The van der Waals surface area contributed by atoms with E-state index in [4.69, 9.17) is 4.98 Å². The molecule has 2 aromatic heterocycles. The number of hydrogen-bond acceptors (Lipinski definition) is 2. The van der Waals surface area contributed by atoms with E-state index in [-0.39, 0.29) is 0 Å². The summed E-state index contributed by atoms with van der Waals surface area (Å²) in [4.78, 5) is 4.72. The Kier molecular flexibility index (Phi) is 3.30. The van der Waals surface area contributed by atoms with E-state index in [1.54, 1.807) is 0 Å². The first kappa shape index (κ1) is 12.9. The minimum atomic E-state index is 0.827. The second-order valence-electron chi connectivity index (χ2n) is 5.06. The van der Waals surface area contributed by atoms with Gasteiger partial charge in [0.15, 0.2) is 0 Å². The van der Waals surface area contributed by atoms with Crippen molar-refractivity contribution in [1.82, 2.24) is 19.3 Å². The molecule has 20 heavy (non-hydrogen) atoms. The number of rotatable bonds is 4. The van der Waals surface area contributed by atoms with E-state index < -0.39 is 0 Å². The molecule has 0 bridgehead atoms. The Morgan fingerprint density at radius 3 is 2.60 bits per heavy atom. The molecule has 1 aromatic carbocycles. The Morgan fingerprint density at radius 2 is 1.90 bits per heavy atom. The number of aryl methyl sites for hydroxylation is 3. The highest BCUT2D eigenvalue weighted by atomic mass is 15.3. The van der Waals surface area contributed by atoms with E-state index in [1.807, 2.05) is 17.8 Å². The van der Waals surface area contributed by atoms with Gasteiger partial charge in [0.1, 0.15) is 5.82 Å². The van der Waals surface area contributed by atoms with Gasteiger partial charge in [0, 0.05) is 13.5 Å². The summed E-state index contributed by atoms with van der Waals surface area (Å²) in [6, 6.07) is 10.5. The van der Waals surface area contributed by atoms with Crippen molar-refractivity contribution in [2.24, 2.45) is 7.05 Å². The molecule has 0 radical (unpaired) electrons. The van der Waals surface area contributed by atoms with Crippen LogP contribution in [-0.4, -0.2) is 19.3 Å². The fourth-order valence-corrected chi connectivity index (χ4v) is 2.63. The van der Waals surface area contributed by atoms with Crippen molar-refractivity contribution in [2.45, 2.75) is 33.2 Å². The molecule has 3 aromatic rings. The monoisotopic (exact) mass is 268 g/mol. The zero-order chi connectivity index (χ0) is 14.1. The Morgan fingerprint density at radius 1 is 1.10 bits per heavy atom.